The molecule has 0 saturated heterocycles. The van der Waals surface area contributed by atoms with Crippen molar-refractivity contribution < 1.29 is 4.39 Å². The van der Waals surface area contributed by atoms with Crippen molar-refractivity contribution in [3.05, 3.63) is 81.8 Å². The predicted octanol–water partition coefficient (Wildman–Crippen LogP) is 2.53. The number of halogens is 1. The minimum atomic E-state index is -0.216. The summed E-state index contributed by atoms with van der Waals surface area (Å²) in [6.07, 6.45) is 4.03. The number of hydrogen-bond donors (Lipinski definition) is 1. The van der Waals surface area contributed by atoms with Crippen LogP contribution in [0.2, 0.25) is 0 Å². The molecule has 0 radical (unpaired) electrons. The first kappa shape index (κ1) is 15.7. The lowest BCUT2D eigenvalue weighted by molar-refractivity contribution is 0.238. The van der Waals surface area contributed by atoms with Crippen LogP contribution < -0.4 is 5.56 Å². The summed E-state index contributed by atoms with van der Waals surface area (Å²) in [5.74, 6) is 0.326. The zero-order valence-corrected chi connectivity index (χ0v) is 13.6. The van der Waals surface area contributed by atoms with Gasteiger partial charge in [-0.3, -0.25) is 14.7 Å². The summed E-state index contributed by atoms with van der Waals surface area (Å²) in [5.41, 5.74) is 2.77. The van der Waals surface area contributed by atoms with E-state index in [0.29, 0.717) is 36.5 Å². The number of nitrogens with zero attached hydrogens (tertiary/aromatic N) is 3. The van der Waals surface area contributed by atoms with Gasteiger partial charge in [0.25, 0.3) is 5.56 Å². The molecular formula is C19H17FN4O. The average Bonchev–Trinajstić information content (AvgIpc) is 2.65. The molecule has 0 amide bonds. The topological polar surface area (TPSA) is 61.9 Å². The average molecular weight is 336 g/mol. The Bertz CT molecular complexity index is 955. The second-order valence-corrected chi connectivity index (χ2v) is 6.13. The Morgan fingerprint density at radius 1 is 1.20 bits per heavy atom. The van der Waals surface area contributed by atoms with Crippen LogP contribution in [0.1, 0.15) is 16.8 Å². The molecule has 0 saturated carbocycles. The van der Waals surface area contributed by atoms with Crippen LogP contribution in [-0.4, -0.2) is 26.4 Å². The zero-order valence-electron chi connectivity index (χ0n) is 13.6. The third kappa shape index (κ3) is 3.21. The molecule has 3 aromatic rings. The Morgan fingerprint density at radius 3 is 2.88 bits per heavy atom. The van der Waals surface area contributed by atoms with Crippen molar-refractivity contribution in [3.63, 3.8) is 0 Å². The van der Waals surface area contributed by atoms with Crippen LogP contribution in [0, 0.1) is 5.82 Å². The minimum absolute atomic E-state index is 0.137. The van der Waals surface area contributed by atoms with Crippen molar-refractivity contribution in [2.45, 2.75) is 19.5 Å². The Morgan fingerprint density at radius 2 is 2.08 bits per heavy atom. The number of fused-ring (bicyclic) bond motifs is 1. The van der Waals surface area contributed by atoms with E-state index in [1.54, 1.807) is 24.5 Å². The van der Waals surface area contributed by atoms with Gasteiger partial charge in [0, 0.05) is 49.6 Å². The smallest absolute Gasteiger partial charge is 0.255 e. The van der Waals surface area contributed by atoms with E-state index >= 15 is 0 Å². The van der Waals surface area contributed by atoms with Crippen molar-refractivity contribution in [2.24, 2.45) is 0 Å². The standard InChI is InChI=1S/C19H17FN4O/c20-16-6-2-1-4-14(16)11-24-9-7-17-15(12-24)19(25)23-18(22-17)13-5-3-8-21-10-13/h1-6,8,10H,7,9,11-12H2,(H,22,23,25). The molecular weight excluding hydrogens is 319 g/mol. The number of H-pyrrole nitrogens is 1. The van der Waals surface area contributed by atoms with Crippen LogP contribution in [0.5, 0.6) is 0 Å². The lowest BCUT2D eigenvalue weighted by Gasteiger charge is -2.27. The van der Waals surface area contributed by atoms with Gasteiger partial charge in [0.15, 0.2) is 0 Å². The molecule has 4 rings (SSSR count). The lowest BCUT2D eigenvalue weighted by Crippen LogP contribution is -2.35. The van der Waals surface area contributed by atoms with E-state index in [-0.39, 0.29) is 11.4 Å². The summed E-state index contributed by atoms with van der Waals surface area (Å²) >= 11 is 0. The normalized spacial score (nSPS) is 14.3. The van der Waals surface area contributed by atoms with Crippen LogP contribution >= 0.6 is 0 Å². The van der Waals surface area contributed by atoms with Crippen molar-refractivity contribution in [3.8, 4) is 11.4 Å². The molecule has 0 aliphatic carbocycles. The van der Waals surface area contributed by atoms with Gasteiger partial charge in [-0.25, -0.2) is 9.37 Å². The first-order valence-electron chi connectivity index (χ1n) is 8.19. The van der Waals surface area contributed by atoms with Crippen molar-refractivity contribution in [1.82, 2.24) is 19.9 Å². The number of pyridine rings is 1. The Kier molecular flexibility index (Phi) is 4.11. The lowest BCUT2D eigenvalue weighted by atomic mass is 10.1. The number of benzene rings is 1. The monoisotopic (exact) mass is 336 g/mol. The predicted molar refractivity (Wildman–Crippen MR) is 92.3 cm³/mol. The molecule has 0 unspecified atom stereocenters. The van der Waals surface area contributed by atoms with Crippen molar-refractivity contribution in [2.75, 3.05) is 6.54 Å². The van der Waals surface area contributed by atoms with E-state index < -0.39 is 0 Å². The maximum Gasteiger partial charge on any atom is 0.255 e. The number of nitrogens with one attached hydrogen (secondary N) is 1. The van der Waals surface area contributed by atoms with E-state index in [9.17, 15) is 9.18 Å². The van der Waals surface area contributed by atoms with Crippen LogP contribution in [0.4, 0.5) is 4.39 Å². The van der Waals surface area contributed by atoms with Gasteiger partial charge in [0.05, 0.1) is 11.3 Å². The van der Waals surface area contributed by atoms with Gasteiger partial charge in [-0.1, -0.05) is 18.2 Å². The van der Waals surface area contributed by atoms with Gasteiger partial charge in [-0.15, -0.1) is 0 Å². The summed E-state index contributed by atoms with van der Waals surface area (Å²) in [6.45, 7) is 1.69. The maximum atomic E-state index is 13.8. The van der Waals surface area contributed by atoms with Crippen LogP contribution in [0.25, 0.3) is 11.4 Å². The fourth-order valence-corrected chi connectivity index (χ4v) is 3.12. The summed E-state index contributed by atoms with van der Waals surface area (Å²) in [5, 5.41) is 0. The van der Waals surface area contributed by atoms with Gasteiger partial charge in [0.1, 0.15) is 11.6 Å². The number of rotatable bonds is 3. The van der Waals surface area contributed by atoms with E-state index in [1.807, 2.05) is 18.2 Å². The van der Waals surface area contributed by atoms with E-state index in [0.717, 1.165) is 17.8 Å². The molecule has 1 aromatic carbocycles. The summed E-state index contributed by atoms with van der Waals surface area (Å²) in [6, 6.07) is 10.4. The molecule has 0 atom stereocenters. The van der Waals surface area contributed by atoms with Crippen LogP contribution in [-0.2, 0) is 19.5 Å². The van der Waals surface area contributed by atoms with Crippen LogP contribution in [0.3, 0.4) is 0 Å². The summed E-state index contributed by atoms with van der Waals surface area (Å²) < 4.78 is 13.8. The van der Waals surface area contributed by atoms with Gasteiger partial charge >= 0.3 is 0 Å². The summed E-state index contributed by atoms with van der Waals surface area (Å²) in [4.78, 5) is 26.1. The van der Waals surface area contributed by atoms with E-state index in [1.165, 1.54) is 6.07 Å². The summed E-state index contributed by atoms with van der Waals surface area (Å²) in [7, 11) is 0. The highest BCUT2D eigenvalue weighted by molar-refractivity contribution is 5.53. The molecule has 0 spiro atoms. The van der Waals surface area contributed by atoms with Crippen molar-refractivity contribution >= 4 is 0 Å². The van der Waals surface area contributed by atoms with Crippen LogP contribution in [0.15, 0.2) is 53.6 Å². The van der Waals surface area contributed by atoms with Gasteiger partial charge < -0.3 is 4.98 Å². The molecule has 3 heterocycles. The highest BCUT2D eigenvalue weighted by Crippen LogP contribution is 2.20. The Hall–Kier alpha value is -2.86. The Balaban J connectivity index is 1.60. The highest BCUT2D eigenvalue weighted by atomic mass is 19.1. The second kappa shape index (κ2) is 6.57. The molecule has 6 heteroatoms. The molecule has 25 heavy (non-hydrogen) atoms. The highest BCUT2D eigenvalue weighted by Gasteiger charge is 2.22. The fourth-order valence-electron chi connectivity index (χ4n) is 3.12. The van der Waals surface area contributed by atoms with Gasteiger partial charge in [-0.05, 0) is 18.2 Å². The fraction of sp³-hybridized carbons (Fsp3) is 0.211. The maximum absolute atomic E-state index is 13.8. The molecule has 0 bridgehead atoms. The van der Waals surface area contributed by atoms with Crippen molar-refractivity contribution in [1.29, 1.82) is 0 Å². The van der Waals surface area contributed by atoms with Gasteiger partial charge in [0.2, 0.25) is 0 Å². The molecule has 5 nitrogen and oxygen atoms in total. The molecule has 1 aliphatic rings. The molecule has 2 aromatic heterocycles. The molecule has 0 fully saturated rings. The number of aromatic nitrogens is 3. The van der Waals surface area contributed by atoms with Gasteiger partial charge in [-0.2, -0.15) is 0 Å². The number of hydrogen-bond acceptors (Lipinski definition) is 4. The zero-order chi connectivity index (χ0) is 17.2. The molecule has 1 N–H and O–H groups in total. The Labute approximate surface area is 144 Å². The largest absolute Gasteiger partial charge is 0.306 e. The first-order chi connectivity index (χ1) is 12.2. The minimum Gasteiger partial charge on any atom is -0.306 e. The molecule has 126 valence electrons. The number of aromatic amines is 1. The molecule has 1 aliphatic heterocycles. The third-order valence-corrected chi connectivity index (χ3v) is 4.43. The van der Waals surface area contributed by atoms with E-state index in [2.05, 4.69) is 19.9 Å². The second-order valence-electron chi connectivity index (χ2n) is 6.13. The third-order valence-electron chi connectivity index (χ3n) is 4.43. The van der Waals surface area contributed by atoms with E-state index in [4.69, 9.17) is 0 Å². The SMILES string of the molecule is O=c1[nH]c(-c2cccnc2)nc2c1CN(Cc1ccccc1F)CC2. The quantitative estimate of drug-likeness (QED) is 0.798. The first-order valence-corrected chi connectivity index (χ1v) is 8.19.